The van der Waals surface area contributed by atoms with E-state index >= 15 is 0 Å². The van der Waals surface area contributed by atoms with Crippen LogP contribution < -0.4 is 0 Å². The van der Waals surface area contributed by atoms with E-state index in [0.29, 0.717) is 0 Å². The second kappa shape index (κ2) is 2.85. The average Bonchev–Trinajstić information content (AvgIpc) is 2.69. The molecule has 2 aliphatic rings. The van der Waals surface area contributed by atoms with Crippen molar-refractivity contribution in [1.82, 2.24) is 0 Å². The Labute approximate surface area is 85.0 Å². The van der Waals surface area contributed by atoms with E-state index in [0.717, 1.165) is 24.8 Å². The third kappa shape index (κ3) is 0.943. The molecule has 1 atom stereocenters. The molecule has 1 saturated carbocycles. The first kappa shape index (κ1) is 9.75. The van der Waals surface area contributed by atoms with Crippen molar-refractivity contribution in [3.8, 4) is 0 Å². The van der Waals surface area contributed by atoms with Crippen LogP contribution in [-0.2, 0) is 4.79 Å². The highest BCUT2D eigenvalue weighted by Gasteiger charge is 2.57. The van der Waals surface area contributed by atoms with Crippen LogP contribution in [0.5, 0.6) is 0 Å². The lowest BCUT2D eigenvalue weighted by Crippen LogP contribution is -2.41. The minimum absolute atomic E-state index is 0.0446. The lowest BCUT2D eigenvalue weighted by molar-refractivity contribution is -0.152. The SMILES string of the molecule is CC1=CCC2(CCCC2)C1(C)C(=O)O. The molecule has 1 unspecified atom stereocenters. The molecule has 0 bridgehead atoms. The number of carboxylic acid groups (broad SMARTS) is 1. The number of hydrogen-bond acceptors (Lipinski definition) is 1. The molecule has 0 radical (unpaired) electrons. The van der Waals surface area contributed by atoms with Crippen LogP contribution in [0.2, 0.25) is 0 Å². The van der Waals surface area contributed by atoms with Crippen LogP contribution in [0.3, 0.4) is 0 Å². The normalized spacial score (nSPS) is 34.9. The zero-order chi connectivity index (χ0) is 10.4. The summed E-state index contributed by atoms with van der Waals surface area (Å²) in [7, 11) is 0. The van der Waals surface area contributed by atoms with Gasteiger partial charge in [-0.05, 0) is 38.5 Å². The summed E-state index contributed by atoms with van der Waals surface area (Å²) < 4.78 is 0. The van der Waals surface area contributed by atoms with Gasteiger partial charge in [-0.15, -0.1) is 0 Å². The van der Waals surface area contributed by atoms with Gasteiger partial charge in [0.25, 0.3) is 0 Å². The molecule has 2 heteroatoms. The molecule has 1 fully saturated rings. The molecule has 2 nitrogen and oxygen atoms in total. The second-order valence-corrected chi connectivity index (χ2v) is 5.01. The Hall–Kier alpha value is -0.790. The van der Waals surface area contributed by atoms with E-state index in [2.05, 4.69) is 6.08 Å². The molecular weight excluding hydrogens is 176 g/mol. The summed E-state index contributed by atoms with van der Waals surface area (Å²) in [4.78, 5) is 11.5. The standard InChI is InChI=1S/C12H18O2/c1-9-5-8-12(6-3-4-7-12)11(9,2)10(13)14/h5H,3-4,6-8H2,1-2H3,(H,13,14). The predicted molar refractivity (Wildman–Crippen MR) is 55.0 cm³/mol. The third-order valence-corrected chi connectivity index (χ3v) is 4.64. The molecule has 78 valence electrons. The first-order valence-electron chi connectivity index (χ1n) is 5.44. The molecular formula is C12H18O2. The predicted octanol–water partition coefficient (Wildman–Crippen LogP) is 2.99. The van der Waals surface area contributed by atoms with E-state index in [1.54, 1.807) is 0 Å². The number of carbonyl (C=O) groups is 1. The zero-order valence-corrected chi connectivity index (χ0v) is 8.97. The Morgan fingerprint density at radius 2 is 2.00 bits per heavy atom. The minimum atomic E-state index is -0.634. The minimum Gasteiger partial charge on any atom is -0.481 e. The summed E-state index contributed by atoms with van der Waals surface area (Å²) in [6.45, 7) is 3.89. The highest BCUT2D eigenvalue weighted by Crippen LogP contribution is 2.61. The van der Waals surface area contributed by atoms with Crippen molar-refractivity contribution in [2.24, 2.45) is 10.8 Å². The molecule has 2 rings (SSSR count). The van der Waals surface area contributed by atoms with Crippen LogP contribution in [0.15, 0.2) is 11.6 Å². The summed E-state index contributed by atoms with van der Waals surface area (Å²) >= 11 is 0. The number of allylic oxidation sites excluding steroid dienone is 1. The van der Waals surface area contributed by atoms with Crippen molar-refractivity contribution in [2.45, 2.75) is 46.0 Å². The summed E-state index contributed by atoms with van der Waals surface area (Å²) in [6.07, 6.45) is 7.68. The fraction of sp³-hybridized carbons (Fsp3) is 0.750. The van der Waals surface area contributed by atoms with E-state index in [9.17, 15) is 9.90 Å². The Balaban J connectivity index is 2.43. The molecule has 0 aromatic rings. The molecule has 1 spiro atoms. The first-order chi connectivity index (χ1) is 6.53. The topological polar surface area (TPSA) is 37.3 Å². The lowest BCUT2D eigenvalue weighted by atomic mass is 9.63. The summed E-state index contributed by atoms with van der Waals surface area (Å²) in [6, 6.07) is 0. The molecule has 0 amide bonds. The maximum atomic E-state index is 11.5. The summed E-state index contributed by atoms with van der Waals surface area (Å²) in [5, 5.41) is 9.43. The Kier molecular flexibility index (Phi) is 1.98. The van der Waals surface area contributed by atoms with Gasteiger partial charge < -0.3 is 5.11 Å². The summed E-state index contributed by atoms with van der Waals surface area (Å²) in [5.74, 6) is -0.634. The van der Waals surface area contributed by atoms with Crippen molar-refractivity contribution in [1.29, 1.82) is 0 Å². The monoisotopic (exact) mass is 194 g/mol. The van der Waals surface area contributed by atoms with E-state index < -0.39 is 11.4 Å². The molecule has 0 heterocycles. The van der Waals surface area contributed by atoms with Crippen molar-refractivity contribution in [2.75, 3.05) is 0 Å². The van der Waals surface area contributed by atoms with Gasteiger partial charge in [0, 0.05) is 0 Å². The van der Waals surface area contributed by atoms with Crippen molar-refractivity contribution in [3.05, 3.63) is 11.6 Å². The molecule has 0 aromatic carbocycles. The highest BCUT2D eigenvalue weighted by atomic mass is 16.4. The molecule has 0 saturated heterocycles. The molecule has 0 aromatic heterocycles. The Morgan fingerprint density at radius 3 is 2.50 bits per heavy atom. The third-order valence-electron chi connectivity index (χ3n) is 4.64. The van der Waals surface area contributed by atoms with Crippen LogP contribution in [0.25, 0.3) is 0 Å². The number of hydrogen-bond donors (Lipinski definition) is 1. The number of carboxylic acids is 1. The van der Waals surface area contributed by atoms with Gasteiger partial charge in [0.05, 0.1) is 5.41 Å². The van der Waals surface area contributed by atoms with Gasteiger partial charge in [-0.1, -0.05) is 24.5 Å². The van der Waals surface area contributed by atoms with Crippen LogP contribution >= 0.6 is 0 Å². The highest BCUT2D eigenvalue weighted by molar-refractivity contribution is 5.80. The second-order valence-electron chi connectivity index (χ2n) is 5.01. The molecule has 2 aliphatic carbocycles. The largest absolute Gasteiger partial charge is 0.481 e. The quantitative estimate of drug-likeness (QED) is 0.651. The molecule has 0 aliphatic heterocycles. The van der Waals surface area contributed by atoms with Gasteiger partial charge in [0.2, 0.25) is 0 Å². The zero-order valence-electron chi connectivity index (χ0n) is 8.97. The van der Waals surface area contributed by atoms with Gasteiger partial charge in [0.15, 0.2) is 0 Å². The fourth-order valence-electron chi connectivity index (χ4n) is 3.33. The van der Waals surface area contributed by atoms with E-state index in [4.69, 9.17) is 0 Å². The smallest absolute Gasteiger partial charge is 0.314 e. The van der Waals surface area contributed by atoms with Gasteiger partial charge in [0.1, 0.15) is 0 Å². The molecule has 14 heavy (non-hydrogen) atoms. The van der Waals surface area contributed by atoms with E-state index in [-0.39, 0.29) is 5.41 Å². The Bertz CT molecular complexity index is 297. The van der Waals surface area contributed by atoms with Crippen LogP contribution in [0, 0.1) is 10.8 Å². The number of rotatable bonds is 1. The van der Waals surface area contributed by atoms with Crippen molar-refractivity contribution < 1.29 is 9.90 Å². The van der Waals surface area contributed by atoms with E-state index in [1.165, 1.54) is 12.8 Å². The fourth-order valence-corrected chi connectivity index (χ4v) is 3.33. The van der Waals surface area contributed by atoms with Crippen molar-refractivity contribution in [3.63, 3.8) is 0 Å². The maximum Gasteiger partial charge on any atom is 0.314 e. The van der Waals surface area contributed by atoms with Crippen molar-refractivity contribution >= 4 is 5.97 Å². The van der Waals surface area contributed by atoms with Gasteiger partial charge in [-0.2, -0.15) is 0 Å². The van der Waals surface area contributed by atoms with E-state index in [1.807, 2.05) is 13.8 Å². The Morgan fingerprint density at radius 1 is 1.43 bits per heavy atom. The lowest BCUT2D eigenvalue weighted by Gasteiger charge is -2.39. The maximum absolute atomic E-state index is 11.5. The average molecular weight is 194 g/mol. The molecule has 1 N–H and O–H groups in total. The van der Waals surface area contributed by atoms with Gasteiger partial charge in [-0.3, -0.25) is 4.79 Å². The van der Waals surface area contributed by atoms with Crippen LogP contribution in [-0.4, -0.2) is 11.1 Å². The number of aliphatic carboxylic acids is 1. The van der Waals surface area contributed by atoms with Gasteiger partial charge >= 0.3 is 5.97 Å². The van der Waals surface area contributed by atoms with Crippen LogP contribution in [0.1, 0.15) is 46.0 Å². The van der Waals surface area contributed by atoms with Crippen LogP contribution in [0.4, 0.5) is 0 Å². The van der Waals surface area contributed by atoms with Gasteiger partial charge in [-0.25, -0.2) is 0 Å². The first-order valence-corrected chi connectivity index (χ1v) is 5.44. The summed E-state index contributed by atoms with van der Waals surface area (Å²) in [5.41, 5.74) is 0.513.